The van der Waals surface area contributed by atoms with Crippen LogP contribution in [-0.2, 0) is 6.42 Å². The van der Waals surface area contributed by atoms with E-state index in [4.69, 9.17) is 9.47 Å². The molecule has 5 heteroatoms. The number of aliphatic hydroxyl groups is 1. The first-order valence-corrected chi connectivity index (χ1v) is 7.18. The zero-order valence-corrected chi connectivity index (χ0v) is 13.4. The molecule has 0 aliphatic heterocycles. The molecule has 0 spiro atoms. The van der Waals surface area contributed by atoms with Gasteiger partial charge in [0.25, 0.3) is 0 Å². The Balaban J connectivity index is 2.23. The molecule has 0 saturated heterocycles. The minimum absolute atomic E-state index is 0.122. The van der Waals surface area contributed by atoms with E-state index in [0.29, 0.717) is 12.0 Å². The monoisotopic (exact) mass is 354 g/mol. The van der Waals surface area contributed by atoms with Gasteiger partial charge in [-0.3, -0.25) is 0 Å². The topological polar surface area (TPSA) is 38.7 Å². The molecule has 1 unspecified atom stereocenters. The van der Waals surface area contributed by atoms with E-state index < -0.39 is 11.9 Å². The molecule has 1 N–H and O–H groups in total. The molecule has 0 radical (unpaired) electrons. The van der Waals surface area contributed by atoms with E-state index in [1.807, 2.05) is 18.2 Å². The Morgan fingerprint density at radius 1 is 1.14 bits per heavy atom. The molecule has 3 nitrogen and oxygen atoms in total. The van der Waals surface area contributed by atoms with Crippen molar-refractivity contribution in [2.24, 2.45) is 0 Å². The Labute approximate surface area is 131 Å². The minimum atomic E-state index is -0.761. The van der Waals surface area contributed by atoms with Gasteiger partial charge in [-0.15, -0.1) is 0 Å². The van der Waals surface area contributed by atoms with Gasteiger partial charge in [0.2, 0.25) is 0 Å². The summed E-state index contributed by atoms with van der Waals surface area (Å²) >= 11 is 3.45. The number of rotatable bonds is 5. The minimum Gasteiger partial charge on any atom is -0.497 e. The van der Waals surface area contributed by atoms with E-state index in [9.17, 15) is 9.50 Å². The maximum atomic E-state index is 13.4. The normalized spacial score (nSPS) is 12.0. The summed E-state index contributed by atoms with van der Waals surface area (Å²) in [5.74, 6) is 0.393. The summed E-state index contributed by atoms with van der Waals surface area (Å²) in [6.07, 6.45) is -0.380. The van der Waals surface area contributed by atoms with Crippen LogP contribution in [0.5, 0.6) is 11.5 Å². The molecule has 0 aliphatic rings. The first-order chi connectivity index (χ1) is 10.0. The van der Waals surface area contributed by atoms with Gasteiger partial charge in [0.1, 0.15) is 5.75 Å². The van der Waals surface area contributed by atoms with Gasteiger partial charge in [0.15, 0.2) is 11.6 Å². The van der Waals surface area contributed by atoms with E-state index in [1.165, 1.54) is 19.2 Å². The van der Waals surface area contributed by atoms with Crippen LogP contribution in [-0.4, -0.2) is 19.3 Å². The zero-order valence-electron chi connectivity index (χ0n) is 11.8. The standard InChI is InChI=1S/C16H16BrFO3/c1-20-12-4-5-13(17)11(7-12)8-15(19)10-3-6-14(18)16(9-10)21-2/h3-7,9,15,19H,8H2,1-2H3. The molecule has 2 aromatic rings. The number of methoxy groups -OCH3 is 2. The predicted octanol–water partition coefficient (Wildman–Crippen LogP) is 3.88. The maximum Gasteiger partial charge on any atom is 0.165 e. The van der Waals surface area contributed by atoms with Crippen LogP contribution in [0.3, 0.4) is 0 Å². The first kappa shape index (κ1) is 15.8. The third-order valence-corrected chi connectivity index (χ3v) is 4.00. The van der Waals surface area contributed by atoms with Crippen molar-refractivity contribution in [3.05, 3.63) is 57.8 Å². The van der Waals surface area contributed by atoms with Crippen LogP contribution in [0.25, 0.3) is 0 Å². The average molecular weight is 355 g/mol. The summed E-state index contributed by atoms with van der Waals surface area (Å²) in [4.78, 5) is 0. The molecule has 21 heavy (non-hydrogen) atoms. The predicted molar refractivity (Wildman–Crippen MR) is 82.3 cm³/mol. The number of ether oxygens (including phenoxy) is 2. The SMILES string of the molecule is COc1ccc(Br)c(CC(O)c2ccc(F)c(OC)c2)c1. The zero-order chi connectivity index (χ0) is 15.4. The van der Waals surface area contributed by atoms with Crippen LogP contribution in [0.4, 0.5) is 4.39 Å². The van der Waals surface area contributed by atoms with E-state index >= 15 is 0 Å². The van der Waals surface area contributed by atoms with Gasteiger partial charge in [-0.1, -0.05) is 22.0 Å². The van der Waals surface area contributed by atoms with Gasteiger partial charge in [0, 0.05) is 10.9 Å². The summed E-state index contributed by atoms with van der Waals surface area (Å²) in [6.45, 7) is 0. The molecule has 0 heterocycles. The number of halogens is 2. The van der Waals surface area contributed by atoms with E-state index in [-0.39, 0.29) is 5.75 Å². The van der Waals surface area contributed by atoms with Gasteiger partial charge in [-0.25, -0.2) is 4.39 Å². The van der Waals surface area contributed by atoms with Gasteiger partial charge in [0.05, 0.1) is 20.3 Å². The largest absolute Gasteiger partial charge is 0.497 e. The first-order valence-electron chi connectivity index (χ1n) is 6.39. The van der Waals surface area contributed by atoms with Crippen molar-refractivity contribution >= 4 is 15.9 Å². The lowest BCUT2D eigenvalue weighted by Crippen LogP contribution is -2.04. The third-order valence-electron chi connectivity index (χ3n) is 3.23. The van der Waals surface area contributed by atoms with Crippen molar-refractivity contribution in [3.63, 3.8) is 0 Å². The van der Waals surface area contributed by atoms with Gasteiger partial charge in [-0.2, -0.15) is 0 Å². The van der Waals surface area contributed by atoms with Crippen LogP contribution in [0, 0.1) is 5.82 Å². The van der Waals surface area contributed by atoms with Crippen LogP contribution in [0.1, 0.15) is 17.2 Å². The van der Waals surface area contributed by atoms with Gasteiger partial charge < -0.3 is 14.6 Å². The Hall–Kier alpha value is -1.59. The van der Waals surface area contributed by atoms with Crippen LogP contribution in [0.15, 0.2) is 40.9 Å². The molecule has 0 fully saturated rings. The van der Waals surface area contributed by atoms with Crippen LogP contribution in [0.2, 0.25) is 0 Å². The van der Waals surface area contributed by atoms with Crippen molar-refractivity contribution in [2.45, 2.75) is 12.5 Å². The molecule has 0 aromatic heterocycles. The lowest BCUT2D eigenvalue weighted by molar-refractivity contribution is 0.177. The van der Waals surface area contributed by atoms with Gasteiger partial charge in [-0.05, 0) is 41.5 Å². The van der Waals surface area contributed by atoms with E-state index in [2.05, 4.69) is 15.9 Å². The smallest absolute Gasteiger partial charge is 0.165 e. The molecule has 2 rings (SSSR count). The lowest BCUT2D eigenvalue weighted by atomic mass is 10.0. The third kappa shape index (κ3) is 3.74. The number of benzene rings is 2. The fourth-order valence-electron chi connectivity index (χ4n) is 2.04. The second kappa shape index (κ2) is 6.91. The van der Waals surface area contributed by atoms with Crippen molar-refractivity contribution in [2.75, 3.05) is 14.2 Å². The fourth-order valence-corrected chi connectivity index (χ4v) is 2.45. The second-order valence-corrected chi connectivity index (χ2v) is 5.43. The molecule has 1 atom stereocenters. The highest BCUT2D eigenvalue weighted by molar-refractivity contribution is 9.10. The molecule has 0 aliphatic carbocycles. The Morgan fingerprint density at radius 3 is 2.57 bits per heavy atom. The lowest BCUT2D eigenvalue weighted by Gasteiger charge is -2.14. The van der Waals surface area contributed by atoms with Crippen molar-refractivity contribution < 1.29 is 19.0 Å². The number of hydrogen-bond donors (Lipinski definition) is 1. The summed E-state index contributed by atoms with van der Waals surface area (Å²) in [5.41, 5.74) is 1.51. The summed E-state index contributed by atoms with van der Waals surface area (Å²) < 4.78 is 24.4. The Morgan fingerprint density at radius 2 is 1.90 bits per heavy atom. The van der Waals surface area contributed by atoms with E-state index in [0.717, 1.165) is 15.8 Å². The number of aliphatic hydroxyl groups excluding tert-OH is 1. The van der Waals surface area contributed by atoms with Crippen LogP contribution >= 0.6 is 15.9 Å². The Bertz CT molecular complexity index is 631. The summed E-state index contributed by atoms with van der Waals surface area (Å²) in [6, 6.07) is 9.91. The molecule has 2 aromatic carbocycles. The molecular formula is C16H16BrFO3. The molecule has 112 valence electrons. The highest BCUT2D eigenvalue weighted by Gasteiger charge is 2.14. The Kier molecular flexibility index (Phi) is 5.20. The highest BCUT2D eigenvalue weighted by atomic mass is 79.9. The number of hydrogen-bond acceptors (Lipinski definition) is 3. The highest BCUT2D eigenvalue weighted by Crippen LogP contribution is 2.29. The maximum absolute atomic E-state index is 13.4. The fraction of sp³-hybridized carbons (Fsp3) is 0.250. The molecular weight excluding hydrogens is 339 g/mol. The van der Waals surface area contributed by atoms with Gasteiger partial charge >= 0.3 is 0 Å². The molecule has 0 amide bonds. The summed E-state index contributed by atoms with van der Waals surface area (Å²) in [7, 11) is 2.99. The van der Waals surface area contributed by atoms with Crippen molar-refractivity contribution in [1.82, 2.24) is 0 Å². The van der Waals surface area contributed by atoms with E-state index in [1.54, 1.807) is 13.2 Å². The van der Waals surface area contributed by atoms with Crippen molar-refractivity contribution in [3.8, 4) is 11.5 Å². The second-order valence-electron chi connectivity index (χ2n) is 4.57. The van der Waals surface area contributed by atoms with Crippen LogP contribution < -0.4 is 9.47 Å². The molecule has 0 saturated carbocycles. The quantitative estimate of drug-likeness (QED) is 0.885. The van der Waals surface area contributed by atoms with Crippen molar-refractivity contribution in [1.29, 1.82) is 0 Å². The summed E-state index contributed by atoms with van der Waals surface area (Å²) in [5, 5.41) is 10.3. The molecule has 0 bridgehead atoms. The average Bonchev–Trinajstić information content (AvgIpc) is 2.49.